The molecule has 9 nitrogen and oxygen atoms in total. The van der Waals surface area contributed by atoms with Gasteiger partial charge in [0.2, 0.25) is 5.91 Å². The zero-order chi connectivity index (χ0) is 25.5. The number of aromatic nitrogens is 2. The first-order valence-corrected chi connectivity index (χ1v) is 13.1. The van der Waals surface area contributed by atoms with Gasteiger partial charge in [-0.25, -0.2) is 14.4 Å². The number of hydrogen-bond donors (Lipinski definition) is 1. The van der Waals surface area contributed by atoms with Crippen molar-refractivity contribution < 1.29 is 18.7 Å². The number of carbonyl (C=O) groups excluding carboxylic acids is 1. The molecule has 0 bridgehead atoms. The van der Waals surface area contributed by atoms with Crippen LogP contribution in [0.3, 0.4) is 0 Å². The van der Waals surface area contributed by atoms with Gasteiger partial charge < -0.3 is 24.6 Å². The van der Waals surface area contributed by atoms with Gasteiger partial charge >= 0.3 is 0 Å². The van der Waals surface area contributed by atoms with Crippen LogP contribution in [0.1, 0.15) is 42.9 Å². The van der Waals surface area contributed by atoms with Crippen LogP contribution < -0.4 is 15.0 Å². The van der Waals surface area contributed by atoms with Crippen molar-refractivity contribution >= 4 is 23.2 Å². The number of anilines is 3. The maximum absolute atomic E-state index is 15.5. The molecule has 10 heteroatoms. The van der Waals surface area contributed by atoms with E-state index in [4.69, 9.17) is 9.47 Å². The lowest BCUT2D eigenvalue weighted by Crippen LogP contribution is -2.61. The summed E-state index contributed by atoms with van der Waals surface area (Å²) in [7, 11) is 0. The number of fused-ring (bicyclic) bond motifs is 2. The molecule has 37 heavy (non-hydrogen) atoms. The Morgan fingerprint density at radius 1 is 1.16 bits per heavy atom. The summed E-state index contributed by atoms with van der Waals surface area (Å²) in [6.07, 6.45) is 4.40. The average molecular weight is 509 g/mol. The summed E-state index contributed by atoms with van der Waals surface area (Å²) >= 11 is 0. The Bertz CT molecular complexity index is 1190. The molecule has 5 heterocycles. The third-order valence-electron chi connectivity index (χ3n) is 8.06. The lowest BCUT2D eigenvalue weighted by atomic mass is 9.87. The SMILES string of the molecule is C=CC(=O)N1CC(N2CCC(c3cc(F)c4c(c3)Nc3ncnc(N5CCOCC5)c3[C@H](C)O4)CC2)C1. The fourth-order valence-corrected chi connectivity index (χ4v) is 5.91. The second-order valence-electron chi connectivity index (χ2n) is 10.2. The predicted molar refractivity (Wildman–Crippen MR) is 138 cm³/mol. The number of ether oxygens (including phenoxy) is 2. The van der Waals surface area contributed by atoms with Crippen LogP contribution in [0, 0.1) is 5.82 Å². The van der Waals surface area contributed by atoms with E-state index >= 15 is 4.39 Å². The van der Waals surface area contributed by atoms with Gasteiger partial charge in [-0.2, -0.15) is 0 Å². The second kappa shape index (κ2) is 9.90. The molecule has 0 radical (unpaired) electrons. The van der Waals surface area contributed by atoms with Gasteiger partial charge in [0, 0.05) is 32.2 Å². The first-order chi connectivity index (χ1) is 18.0. The van der Waals surface area contributed by atoms with Crippen LogP contribution in [0.4, 0.5) is 21.7 Å². The van der Waals surface area contributed by atoms with Crippen LogP contribution in [-0.2, 0) is 9.53 Å². The number of hydrogen-bond acceptors (Lipinski definition) is 8. The number of benzene rings is 1. The second-order valence-corrected chi connectivity index (χ2v) is 10.2. The smallest absolute Gasteiger partial charge is 0.246 e. The van der Waals surface area contributed by atoms with Crippen molar-refractivity contribution in [2.24, 2.45) is 0 Å². The number of halogens is 1. The maximum atomic E-state index is 15.5. The summed E-state index contributed by atoms with van der Waals surface area (Å²) < 4.78 is 27.1. The van der Waals surface area contributed by atoms with E-state index in [2.05, 4.69) is 31.7 Å². The number of piperidine rings is 1. The van der Waals surface area contributed by atoms with E-state index in [1.165, 1.54) is 6.08 Å². The molecule has 1 aromatic heterocycles. The van der Waals surface area contributed by atoms with Gasteiger partial charge in [0.05, 0.1) is 24.5 Å². The normalized spacial score (nSPS) is 22.7. The van der Waals surface area contributed by atoms with E-state index < -0.39 is 6.10 Å². The summed E-state index contributed by atoms with van der Waals surface area (Å²) in [5, 5.41) is 3.37. The lowest BCUT2D eigenvalue weighted by Gasteiger charge is -2.47. The molecule has 0 unspecified atom stereocenters. The van der Waals surface area contributed by atoms with E-state index in [1.807, 2.05) is 17.9 Å². The summed E-state index contributed by atoms with van der Waals surface area (Å²) in [6.45, 7) is 11.6. The van der Waals surface area contributed by atoms with Crippen LogP contribution in [0.15, 0.2) is 31.1 Å². The predicted octanol–water partition coefficient (Wildman–Crippen LogP) is 3.23. The molecule has 0 spiro atoms. The average Bonchev–Trinajstić information content (AvgIpc) is 3.04. The Balaban J connectivity index is 1.19. The van der Waals surface area contributed by atoms with E-state index in [0.29, 0.717) is 30.8 Å². The highest BCUT2D eigenvalue weighted by atomic mass is 19.1. The standard InChI is InChI=1S/C27H33FN6O3/c1-3-23(35)34-14-20(15-34)32-6-4-18(5-7-32)19-12-21(28)25-22(13-19)31-26-24(17(2)37-25)27(30-16-29-26)33-8-10-36-11-9-33/h3,12-13,16-18,20H,1,4-11,14-15H2,2H3,(H,29,30,31)/t17-/m0/s1. The van der Waals surface area contributed by atoms with E-state index in [-0.39, 0.29) is 23.4 Å². The highest BCUT2D eigenvalue weighted by Gasteiger charge is 2.36. The van der Waals surface area contributed by atoms with Crippen molar-refractivity contribution in [1.29, 1.82) is 0 Å². The number of carbonyl (C=O) groups is 1. The number of nitrogens with one attached hydrogen (secondary N) is 1. The van der Waals surface area contributed by atoms with Crippen molar-refractivity contribution in [3.05, 3.63) is 48.1 Å². The fourth-order valence-electron chi connectivity index (χ4n) is 5.91. The van der Waals surface area contributed by atoms with Crippen LogP contribution in [-0.4, -0.2) is 84.2 Å². The summed E-state index contributed by atoms with van der Waals surface area (Å²) in [5.74, 6) is 1.58. The van der Waals surface area contributed by atoms with Gasteiger partial charge in [0.15, 0.2) is 11.6 Å². The zero-order valence-electron chi connectivity index (χ0n) is 21.2. The Kier molecular flexibility index (Phi) is 6.46. The quantitative estimate of drug-likeness (QED) is 0.631. The Labute approximate surface area is 216 Å². The van der Waals surface area contributed by atoms with Crippen LogP contribution >= 0.6 is 0 Å². The van der Waals surface area contributed by atoms with Crippen molar-refractivity contribution in [3.8, 4) is 5.75 Å². The number of amides is 1. The van der Waals surface area contributed by atoms with Crippen molar-refractivity contribution in [2.75, 3.05) is 62.7 Å². The largest absolute Gasteiger partial charge is 0.480 e. The van der Waals surface area contributed by atoms with Crippen molar-refractivity contribution in [3.63, 3.8) is 0 Å². The minimum absolute atomic E-state index is 0.000429. The maximum Gasteiger partial charge on any atom is 0.246 e. The Hall–Kier alpha value is -3.24. The van der Waals surface area contributed by atoms with Gasteiger partial charge in [-0.3, -0.25) is 9.69 Å². The number of rotatable bonds is 4. The Morgan fingerprint density at radius 2 is 1.92 bits per heavy atom. The van der Waals surface area contributed by atoms with E-state index in [1.54, 1.807) is 12.4 Å². The monoisotopic (exact) mass is 508 g/mol. The van der Waals surface area contributed by atoms with Gasteiger partial charge in [0.25, 0.3) is 0 Å². The fraction of sp³-hybridized carbons (Fsp3) is 0.519. The molecule has 4 aliphatic rings. The molecule has 3 fully saturated rings. The minimum Gasteiger partial charge on any atom is -0.480 e. The molecule has 1 amide bonds. The molecule has 0 saturated carbocycles. The van der Waals surface area contributed by atoms with E-state index in [0.717, 1.165) is 69.1 Å². The highest BCUT2D eigenvalue weighted by Crippen LogP contribution is 2.44. The zero-order valence-corrected chi connectivity index (χ0v) is 21.2. The van der Waals surface area contributed by atoms with Crippen LogP contribution in [0.5, 0.6) is 5.75 Å². The first-order valence-electron chi connectivity index (χ1n) is 13.1. The number of morpholine rings is 1. The van der Waals surface area contributed by atoms with Gasteiger partial charge in [-0.05, 0) is 62.5 Å². The molecule has 1 aromatic carbocycles. The van der Waals surface area contributed by atoms with Crippen molar-refractivity contribution in [2.45, 2.75) is 37.8 Å². The summed E-state index contributed by atoms with van der Waals surface area (Å²) in [4.78, 5) is 27.3. The minimum atomic E-state index is -0.415. The molecule has 4 aliphatic heterocycles. The molecule has 3 saturated heterocycles. The molecule has 6 rings (SSSR count). The van der Waals surface area contributed by atoms with E-state index in [9.17, 15) is 4.79 Å². The molecular formula is C27H33FN6O3. The van der Waals surface area contributed by atoms with Crippen LogP contribution in [0.2, 0.25) is 0 Å². The first kappa shape index (κ1) is 24.1. The Morgan fingerprint density at radius 3 is 2.65 bits per heavy atom. The van der Waals surface area contributed by atoms with Crippen molar-refractivity contribution in [1.82, 2.24) is 19.8 Å². The highest BCUT2D eigenvalue weighted by molar-refractivity contribution is 5.87. The lowest BCUT2D eigenvalue weighted by molar-refractivity contribution is -0.133. The molecule has 0 aliphatic carbocycles. The number of likely N-dealkylation sites (tertiary alicyclic amines) is 2. The molecule has 2 aromatic rings. The van der Waals surface area contributed by atoms with Gasteiger partial charge in [-0.1, -0.05) is 6.58 Å². The molecule has 196 valence electrons. The van der Waals surface area contributed by atoms with Gasteiger partial charge in [0.1, 0.15) is 24.1 Å². The summed E-state index contributed by atoms with van der Waals surface area (Å²) in [6, 6.07) is 4.05. The number of nitrogens with zero attached hydrogens (tertiary/aromatic N) is 5. The third kappa shape index (κ3) is 4.53. The summed E-state index contributed by atoms with van der Waals surface area (Å²) in [5.41, 5.74) is 2.41. The molecule has 1 N–H and O–H groups in total. The molecule has 1 atom stereocenters. The van der Waals surface area contributed by atoms with Gasteiger partial charge in [-0.15, -0.1) is 0 Å². The topological polar surface area (TPSA) is 83.1 Å². The van der Waals surface area contributed by atoms with Crippen LogP contribution in [0.25, 0.3) is 0 Å². The molecular weight excluding hydrogens is 475 g/mol. The third-order valence-corrected chi connectivity index (χ3v) is 8.06.